The molecular weight excluding hydrogens is 316 g/mol. The van der Waals surface area contributed by atoms with Crippen molar-refractivity contribution in [3.63, 3.8) is 0 Å². The normalized spacial score (nSPS) is 17.0. The molecular formula is C13H17ClN2O4S. The van der Waals surface area contributed by atoms with Crippen molar-refractivity contribution in [2.45, 2.75) is 4.90 Å². The maximum absolute atomic E-state index is 12.5. The van der Waals surface area contributed by atoms with Crippen molar-refractivity contribution >= 4 is 27.5 Å². The van der Waals surface area contributed by atoms with Gasteiger partial charge >= 0.3 is 0 Å². The van der Waals surface area contributed by atoms with E-state index in [4.69, 9.17) is 16.3 Å². The van der Waals surface area contributed by atoms with Crippen LogP contribution >= 0.6 is 11.6 Å². The van der Waals surface area contributed by atoms with Gasteiger partial charge in [-0.05, 0) is 18.2 Å². The number of ether oxygens (including phenoxy) is 1. The molecule has 6 nitrogen and oxygen atoms in total. The predicted molar refractivity (Wildman–Crippen MR) is 78.7 cm³/mol. The van der Waals surface area contributed by atoms with Gasteiger partial charge in [-0.3, -0.25) is 4.79 Å². The molecule has 0 unspecified atom stereocenters. The van der Waals surface area contributed by atoms with Crippen molar-refractivity contribution in [2.24, 2.45) is 0 Å². The van der Waals surface area contributed by atoms with E-state index in [2.05, 4.69) is 0 Å². The van der Waals surface area contributed by atoms with Crippen LogP contribution < -0.4 is 0 Å². The van der Waals surface area contributed by atoms with Gasteiger partial charge in [-0.25, -0.2) is 8.42 Å². The topological polar surface area (TPSA) is 66.9 Å². The number of carbonyl (C=O) groups excluding carboxylic acids is 1. The van der Waals surface area contributed by atoms with Gasteiger partial charge in [0.05, 0.1) is 4.90 Å². The molecule has 1 heterocycles. The van der Waals surface area contributed by atoms with Crippen LogP contribution in [0.5, 0.6) is 0 Å². The second-order valence-electron chi connectivity index (χ2n) is 4.68. The van der Waals surface area contributed by atoms with E-state index in [1.165, 1.54) is 23.5 Å². The highest BCUT2D eigenvalue weighted by atomic mass is 35.5. The Balaban J connectivity index is 2.06. The molecule has 21 heavy (non-hydrogen) atoms. The zero-order valence-corrected chi connectivity index (χ0v) is 13.2. The molecule has 116 valence electrons. The van der Waals surface area contributed by atoms with Crippen LogP contribution in [0.15, 0.2) is 29.2 Å². The molecule has 1 aliphatic heterocycles. The molecule has 0 bridgehead atoms. The van der Waals surface area contributed by atoms with Crippen LogP contribution in [0.1, 0.15) is 0 Å². The zero-order valence-electron chi connectivity index (χ0n) is 11.7. The number of carbonyl (C=O) groups is 1. The molecule has 1 saturated heterocycles. The Morgan fingerprint density at radius 3 is 2.52 bits per heavy atom. The summed E-state index contributed by atoms with van der Waals surface area (Å²) in [6, 6.07) is 6.18. The molecule has 1 amide bonds. The van der Waals surface area contributed by atoms with Gasteiger partial charge in [-0.1, -0.05) is 17.7 Å². The van der Waals surface area contributed by atoms with Crippen molar-refractivity contribution in [2.75, 3.05) is 39.9 Å². The number of methoxy groups -OCH3 is 1. The molecule has 8 heteroatoms. The summed E-state index contributed by atoms with van der Waals surface area (Å²) < 4.78 is 31.1. The molecule has 1 aliphatic rings. The summed E-state index contributed by atoms with van der Waals surface area (Å²) >= 11 is 5.84. The molecule has 1 aromatic carbocycles. The number of piperazine rings is 1. The van der Waals surface area contributed by atoms with Crippen LogP contribution in [-0.2, 0) is 19.6 Å². The highest BCUT2D eigenvalue weighted by Gasteiger charge is 2.30. The Kier molecular flexibility index (Phi) is 5.21. The highest BCUT2D eigenvalue weighted by molar-refractivity contribution is 7.89. The van der Waals surface area contributed by atoms with Crippen LogP contribution in [0.3, 0.4) is 0 Å². The maximum Gasteiger partial charge on any atom is 0.248 e. The fourth-order valence-electron chi connectivity index (χ4n) is 2.17. The van der Waals surface area contributed by atoms with Gasteiger partial charge in [0, 0.05) is 38.3 Å². The van der Waals surface area contributed by atoms with Crippen molar-refractivity contribution in [3.05, 3.63) is 29.3 Å². The van der Waals surface area contributed by atoms with Crippen molar-refractivity contribution in [3.8, 4) is 0 Å². The van der Waals surface area contributed by atoms with E-state index in [9.17, 15) is 13.2 Å². The van der Waals surface area contributed by atoms with Gasteiger partial charge in [0.15, 0.2) is 0 Å². The number of hydrogen-bond donors (Lipinski definition) is 0. The fourth-order valence-corrected chi connectivity index (χ4v) is 3.89. The molecule has 0 saturated carbocycles. The van der Waals surface area contributed by atoms with Crippen molar-refractivity contribution in [1.82, 2.24) is 9.21 Å². The van der Waals surface area contributed by atoms with E-state index in [1.807, 2.05) is 0 Å². The minimum atomic E-state index is -3.57. The molecule has 0 atom stereocenters. The Morgan fingerprint density at radius 1 is 1.29 bits per heavy atom. The Hall–Kier alpha value is -1.15. The maximum atomic E-state index is 12.5. The minimum absolute atomic E-state index is 0.0149. The summed E-state index contributed by atoms with van der Waals surface area (Å²) in [6.45, 7) is 1.28. The van der Waals surface area contributed by atoms with Crippen LogP contribution in [0.25, 0.3) is 0 Å². The van der Waals surface area contributed by atoms with Gasteiger partial charge in [-0.2, -0.15) is 4.31 Å². The van der Waals surface area contributed by atoms with Crippen LogP contribution in [0, 0.1) is 0 Å². The first-order chi connectivity index (χ1) is 9.95. The summed E-state index contributed by atoms with van der Waals surface area (Å²) in [5.74, 6) is -0.127. The second-order valence-corrected chi connectivity index (χ2v) is 7.05. The standard InChI is InChI=1S/C13H17ClN2O4S/c1-20-10-13(17)15-5-7-16(8-6-15)21(18,19)12-4-2-3-11(14)9-12/h2-4,9H,5-8,10H2,1H3. The number of rotatable bonds is 4. The van der Waals surface area contributed by atoms with Crippen LogP contribution in [-0.4, -0.2) is 63.4 Å². The lowest BCUT2D eigenvalue weighted by molar-refractivity contribution is -0.136. The highest BCUT2D eigenvalue weighted by Crippen LogP contribution is 2.20. The average Bonchev–Trinajstić information content (AvgIpc) is 2.47. The number of hydrogen-bond acceptors (Lipinski definition) is 4. The Labute approximate surface area is 129 Å². The van der Waals surface area contributed by atoms with E-state index >= 15 is 0 Å². The zero-order chi connectivity index (χ0) is 15.5. The Bertz CT molecular complexity index is 612. The van der Waals surface area contributed by atoms with Crippen LogP contribution in [0.4, 0.5) is 0 Å². The summed E-state index contributed by atoms with van der Waals surface area (Å²) in [5.41, 5.74) is 0. The second kappa shape index (κ2) is 6.74. The van der Waals surface area contributed by atoms with Gasteiger partial charge < -0.3 is 9.64 Å². The lowest BCUT2D eigenvalue weighted by Gasteiger charge is -2.33. The molecule has 0 spiro atoms. The van der Waals surface area contributed by atoms with E-state index in [0.717, 1.165) is 0 Å². The number of halogens is 1. The molecule has 0 aliphatic carbocycles. The molecule has 1 fully saturated rings. The van der Waals surface area contributed by atoms with Gasteiger partial charge in [-0.15, -0.1) is 0 Å². The number of nitrogens with zero attached hydrogens (tertiary/aromatic N) is 2. The Morgan fingerprint density at radius 2 is 1.95 bits per heavy atom. The fraction of sp³-hybridized carbons (Fsp3) is 0.462. The van der Waals surface area contributed by atoms with E-state index in [0.29, 0.717) is 18.1 Å². The number of benzene rings is 1. The first kappa shape index (κ1) is 16.2. The van der Waals surface area contributed by atoms with Gasteiger partial charge in [0.1, 0.15) is 6.61 Å². The molecule has 0 N–H and O–H groups in total. The first-order valence-electron chi connectivity index (χ1n) is 6.47. The summed E-state index contributed by atoms with van der Waals surface area (Å²) in [4.78, 5) is 13.5. The quantitative estimate of drug-likeness (QED) is 0.818. The van der Waals surface area contributed by atoms with Gasteiger partial charge in [0.2, 0.25) is 15.9 Å². The van der Waals surface area contributed by atoms with Crippen molar-refractivity contribution < 1.29 is 17.9 Å². The third kappa shape index (κ3) is 3.74. The van der Waals surface area contributed by atoms with E-state index in [-0.39, 0.29) is 30.5 Å². The third-order valence-electron chi connectivity index (χ3n) is 3.29. The van der Waals surface area contributed by atoms with Crippen LogP contribution in [0.2, 0.25) is 5.02 Å². The lowest BCUT2D eigenvalue weighted by Crippen LogP contribution is -2.51. The molecule has 0 aromatic heterocycles. The first-order valence-corrected chi connectivity index (χ1v) is 8.29. The monoisotopic (exact) mass is 332 g/mol. The summed E-state index contributed by atoms with van der Waals surface area (Å²) in [7, 11) is -2.11. The minimum Gasteiger partial charge on any atom is -0.375 e. The molecule has 2 rings (SSSR count). The van der Waals surface area contributed by atoms with E-state index in [1.54, 1.807) is 17.0 Å². The molecule has 1 aromatic rings. The van der Waals surface area contributed by atoms with Crippen molar-refractivity contribution in [1.29, 1.82) is 0 Å². The largest absolute Gasteiger partial charge is 0.375 e. The SMILES string of the molecule is COCC(=O)N1CCN(S(=O)(=O)c2cccc(Cl)c2)CC1. The smallest absolute Gasteiger partial charge is 0.248 e. The van der Waals surface area contributed by atoms with E-state index < -0.39 is 10.0 Å². The average molecular weight is 333 g/mol. The third-order valence-corrected chi connectivity index (χ3v) is 5.42. The lowest BCUT2D eigenvalue weighted by atomic mass is 10.3. The van der Waals surface area contributed by atoms with Gasteiger partial charge in [0.25, 0.3) is 0 Å². The predicted octanol–water partition coefficient (Wildman–Crippen LogP) is 0.819. The summed E-state index contributed by atoms with van der Waals surface area (Å²) in [5, 5.41) is 0.380. The molecule has 0 radical (unpaired) electrons. The summed E-state index contributed by atoms with van der Waals surface area (Å²) in [6.07, 6.45) is 0. The number of sulfonamides is 1. The number of amides is 1.